The van der Waals surface area contributed by atoms with Crippen LogP contribution >= 0.6 is 15.9 Å². The molecule has 3 aromatic carbocycles. The molecular weight excluding hydrogens is 503 g/mol. The number of hydrogen-bond donors (Lipinski definition) is 3. The fourth-order valence-electron chi connectivity index (χ4n) is 3.42. The number of anilines is 2. The Morgan fingerprint density at radius 1 is 0.853 bits per heavy atom. The molecular formula is C25H20BrFN4O3. The van der Waals surface area contributed by atoms with Crippen molar-refractivity contribution >= 4 is 55.9 Å². The number of amides is 3. The van der Waals surface area contributed by atoms with Crippen molar-refractivity contribution in [1.29, 1.82) is 0 Å². The van der Waals surface area contributed by atoms with Crippen LogP contribution in [-0.2, 0) is 9.59 Å². The van der Waals surface area contributed by atoms with Gasteiger partial charge in [-0.2, -0.15) is 0 Å². The Hall–Kier alpha value is -3.98. The van der Waals surface area contributed by atoms with Crippen LogP contribution in [0.25, 0.3) is 10.9 Å². The third kappa shape index (κ3) is 4.84. The highest BCUT2D eigenvalue weighted by molar-refractivity contribution is 9.10. The van der Waals surface area contributed by atoms with Crippen molar-refractivity contribution in [2.45, 2.75) is 13.8 Å². The first-order chi connectivity index (χ1) is 16.2. The molecule has 0 saturated carbocycles. The van der Waals surface area contributed by atoms with Crippen molar-refractivity contribution in [3.8, 4) is 0 Å². The lowest BCUT2D eigenvalue weighted by Gasteiger charge is -2.14. The van der Waals surface area contributed by atoms with Gasteiger partial charge in [0.25, 0.3) is 5.91 Å². The Labute approximate surface area is 203 Å². The van der Waals surface area contributed by atoms with Gasteiger partial charge in [-0.1, -0.05) is 40.2 Å². The summed E-state index contributed by atoms with van der Waals surface area (Å²) < 4.78 is 16.0. The number of halogens is 2. The zero-order valence-corrected chi connectivity index (χ0v) is 19.9. The van der Waals surface area contributed by atoms with Crippen LogP contribution in [0.4, 0.5) is 15.8 Å². The lowest BCUT2D eigenvalue weighted by molar-refractivity contribution is -0.133. The van der Waals surface area contributed by atoms with Gasteiger partial charge in [-0.15, -0.1) is 0 Å². The van der Waals surface area contributed by atoms with E-state index in [9.17, 15) is 18.8 Å². The molecule has 34 heavy (non-hydrogen) atoms. The number of carbonyl (C=O) groups excluding carboxylic acids is 3. The number of nitrogens with one attached hydrogen (secondary N) is 3. The van der Waals surface area contributed by atoms with E-state index in [0.29, 0.717) is 16.6 Å². The molecule has 4 aromatic rings. The number of carbonyl (C=O) groups is 3. The first-order valence-electron chi connectivity index (χ1n) is 10.3. The first-order valence-corrected chi connectivity index (χ1v) is 11.1. The van der Waals surface area contributed by atoms with Gasteiger partial charge in [-0.25, -0.2) is 9.07 Å². The monoisotopic (exact) mass is 522 g/mol. The molecule has 0 unspecified atom stereocenters. The van der Waals surface area contributed by atoms with Gasteiger partial charge in [-0.3, -0.25) is 19.8 Å². The molecule has 0 aliphatic carbocycles. The molecule has 172 valence electrons. The molecule has 0 bridgehead atoms. The van der Waals surface area contributed by atoms with Crippen LogP contribution in [0.2, 0.25) is 0 Å². The summed E-state index contributed by atoms with van der Waals surface area (Å²) in [4.78, 5) is 38.4. The summed E-state index contributed by atoms with van der Waals surface area (Å²) in [6, 6.07) is 18.0. The fourth-order valence-corrected chi connectivity index (χ4v) is 3.80. The van der Waals surface area contributed by atoms with Gasteiger partial charge in [0, 0.05) is 15.5 Å². The normalized spacial score (nSPS) is 10.7. The van der Waals surface area contributed by atoms with Crippen LogP contribution in [0.3, 0.4) is 0 Å². The largest absolute Gasteiger partial charge is 0.328 e. The molecule has 7 nitrogen and oxygen atoms in total. The number of aromatic nitrogens is 1. The number of rotatable bonds is 4. The minimum atomic E-state index is -0.971. The summed E-state index contributed by atoms with van der Waals surface area (Å²) >= 11 is 3.38. The Morgan fingerprint density at radius 3 is 2.38 bits per heavy atom. The smallest absolute Gasteiger partial charge is 0.318 e. The summed E-state index contributed by atoms with van der Waals surface area (Å²) in [6.45, 7) is 3.69. The molecule has 1 heterocycles. The Bertz CT molecular complexity index is 1450. The predicted molar refractivity (Wildman–Crippen MR) is 133 cm³/mol. The minimum Gasteiger partial charge on any atom is -0.318 e. The van der Waals surface area contributed by atoms with E-state index in [1.54, 1.807) is 36.4 Å². The number of aryl methyl sites for hydroxylation is 2. The second-order valence-corrected chi connectivity index (χ2v) is 8.63. The molecule has 0 radical (unpaired) electrons. The second-order valence-electron chi connectivity index (χ2n) is 7.72. The van der Waals surface area contributed by atoms with Crippen LogP contribution in [-0.4, -0.2) is 22.4 Å². The maximum Gasteiger partial charge on any atom is 0.328 e. The molecule has 0 saturated heterocycles. The molecule has 9 heteroatoms. The van der Waals surface area contributed by atoms with Gasteiger partial charge in [0.15, 0.2) is 0 Å². The first kappa shape index (κ1) is 23.2. The van der Waals surface area contributed by atoms with Crippen molar-refractivity contribution in [2.24, 2.45) is 0 Å². The summed E-state index contributed by atoms with van der Waals surface area (Å²) in [6.07, 6.45) is 0. The quantitative estimate of drug-likeness (QED) is 0.325. The minimum absolute atomic E-state index is 0.00974. The van der Waals surface area contributed by atoms with Crippen LogP contribution in [0.5, 0.6) is 0 Å². The van der Waals surface area contributed by atoms with Gasteiger partial charge >= 0.3 is 11.8 Å². The van der Waals surface area contributed by atoms with E-state index in [0.717, 1.165) is 15.6 Å². The Balaban J connectivity index is 1.65. The van der Waals surface area contributed by atoms with E-state index >= 15 is 0 Å². The van der Waals surface area contributed by atoms with E-state index in [1.165, 1.54) is 22.9 Å². The maximum atomic E-state index is 14.1. The topological polar surface area (TPSA) is 92.2 Å². The second kappa shape index (κ2) is 9.48. The van der Waals surface area contributed by atoms with Gasteiger partial charge in [0.1, 0.15) is 11.5 Å². The predicted octanol–water partition coefficient (Wildman–Crippen LogP) is 5.12. The average molecular weight is 523 g/mol. The third-order valence-electron chi connectivity index (χ3n) is 5.18. The molecule has 0 aliphatic rings. The van der Waals surface area contributed by atoms with Crippen LogP contribution in [0, 0.1) is 19.7 Å². The van der Waals surface area contributed by atoms with Gasteiger partial charge in [-0.05, 0) is 67.4 Å². The summed E-state index contributed by atoms with van der Waals surface area (Å²) in [5, 5.41) is 5.72. The Kier molecular flexibility index (Phi) is 6.47. The van der Waals surface area contributed by atoms with Crippen molar-refractivity contribution in [1.82, 2.24) is 4.68 Å². The van der Waals surface area contributed by atoms with Gasteiger partial charge in [0.05, 0.1) is 11.2 Å². The van der Waals surface area contributed by atoms with E-state index in [4.69, 9.17) is 0 Å². The van der Waals surface area contributed by atoms with Crippen molar-refractivity contribution in [3.05, 3.63) is 93.8 Å². The number of hydrogen-bond acceptors (Lipinski definition) is 3. The van der Waals surface area contributed by atoms with E-state index in [1.807, 2.05) is 26.0 Å². The molecule has 3 amide bonds. The number of para-hydroxylation sites is 1. The van der Waals surface area contributed by atoms with Crippen LogP contribution in [0.15, 0.2) is 71.2 Å². The molecule has 0 aliphatic heterocycles. The standard InChI is InChI=1S/C25H20BrFN4O3/c1-14-7-8-15(2)20(11-14)29-24(33)25(34)30-31-21-10-9-17(26)12-16(21)13-22(31)23(32)28-19-6-4-3-5-18(19)27/h3-13H,1-2H3,(H,28,32)(H,29,33)(H,30,34). The van der Waals surface area contributed by atoms with Crippen molar-refractivity contribution < 1.29 is 18.8 Å². The fraction of sp³-hybridized carbons (Fsp3) is 0.0800. The molecule has 0 fully saturated rings. The lowest BCUT2D eigenvalue weighted by atomic mass is 10.1. The SMILES string of the molecule is Cc1ccc(C)c(NC(=O)C(=O)Nn2c(C(=O)Nc3ccccc3F)cc3cc(Br)ccc32)c1. The Morgan fingerprint density at radius 2 is 1.62 bits per heavy atom. The molecule has 3 N–H and O–H groups in total. The summed E-state index contributed by atoms with van der Waals surface area (Å²) in [5.74, 6) is -3.12. The molecule has 0 spiro atoms. The lowest BCUT2D eigenvalue weighted by Crippen LogP contribution is -2.36. The highest BCUT2D eigenvalue weighted by Crippen LogP contribution is 2.24. The van der Waals surface area contributed by atoms with Crippen molar-refractivity contribution in [2.75, 3.05) is 16.1 Å². The molecule has 4 rings (SSSR count). The van der Waals surface area contributed by atoms with E-state index in [2.05, 4.69) is 32.0 Å². The van der Waals surface area contributed by atoms with Crippen LogP contribution < -0.4 is 16.1 Å². The number of fused-ring (bicyclic) bond motifs is 1. The third-order valence-corrected chi connectivity index (χ3v) is 5.67. The average Bonchev–Trinajstić information content (AvgIpc) is 3.15. The van der Waals surface area contributed by atoms with Crippen molar-refractivity contribution in [3.63, 3.8) is 0 Å². The number of benzene rings is 3. The summed E-state index contributed by atoms with van der Waals surface area (Å²) in [7, 11) is 0. The molecule has 1 aromatic heterocycles. The highest BCUT2D eigenvalue weighted by atomic mass is 79.9. The summed E-state index contributed by atoms with van der Waals surface area (Å²) in [5.41, 5.74) is 5.21. The van der Waals surface area contributed by atoms with E-state index in [-0.39, 0.29) is 11.4 Å². The van der Waals surface area contributed by atoms with Gasteiger partial charge < -0.3 is 10.6 Å². The van der Waals surface area contributed by atoms with Gasteiger partial charge in [0.2, 0.25) is 0 Å². The van der Waals surface area contributed by atoms with Crippen LogP contribution in [0.1, 0.15) is 21.6 Å². The maximum absolute atomic E-state index is 14.1. The number of nitrogens with zero attached hydrogens (tertiary/aromatic N) is 1. The zero-order valence-electron chi connectivity index (χ0n) is 18.3. The molecule has 0 atom stereocenters. The van der Waals surface area contributed by atoms with E-state index < -0.39 is 23.5 Å². The highest BCUT2D eigenvalue weighted by Gasteiger charge is 2.22. The zero-order chi connectivity index (χ0) is 24.4.